The molecule has 3 heterocycles. The first kappa shape index (κ1) is 23.9. The average molecular weight is 468 g/mol. The van der Waals surface area contributed by atoms with Crippen LogP contribution in [0.2, 0.25) is 0 Å². The summed E-state index contributed by atoms with van der Waals surface area (Å²) in [5.74, 6) is -0.535. The maximum absolute atomic E-state index is 13.8. The number of carbonyl (C=O) groups is 3. The minimum atomic E-state index is -0.830. The van der Waals surface area contributed by atoms with E-state index in [4.69, 9.17) is 0 Å². The standard InChI is InChI=1S/C25H33N5O4/c1-3-30-22(18-8-5-4-6-9-18)21(32)13-25(24(30)34)10-7-11-29(15-25)23(33)20(28-17(2)31)12-19-14-26-16-27-19/h4-6,8-9,14,16,20-22,32H,3,7,10-13,15H2,1-2H3,(H,26,27)(H,28,31)/t20-,21+,22-,25+/m0/s1. The van der Waals surface area contributed by atoms with Gasteiger partial charge >= 0.3 is 0 Å². The van der Waals surface area contributed by atoms with Gasteiger partial charge in [-0.05, 0) is 31.7 Å². The maximum atomic E-state index is 13.8. The predicted molar refractivity (Wildman–Crippen MR) is 125 cm³/mol. The van der Waals surface area contributed by atoms with Crippen molar-refractivity contribution in [2.45, 2.75) is 57.7 Å². The first-order chi connectivity index (χ1) is 16.3. The molecular weight excluding hydrogens is 434 g/mol. The lowest BCUT2D eigenvalue weighted by atomic mass is 9.69. The number of benzene rings is 1. The van der Waals surface area contributed by atoms with E-state index in [0.29, 0.717) is 32.4 Å². The number of nitrogens with zero attached hydrogens (tertiary/aromatic N) is 3. The van der Waals surface area contributed by atoms with E-state index >= 15 is 0 Å². The van der Waals surface area contributed by atoms with Crippen LogP contribution in [0.5, 0.6) is 0 Å². The second kappa shape index (κ2) is 9.97. The molecule has 0 unspecified atom stereocenters. The molecular formula is C25H33N5O4. The Kier molecular flexibility index (Phi) is 7.02. The number of hydrogen-bond donors (Lipinski definition) is 3. The monoisotopic (exact) mass is 467 g/mol. The molecule has 2 aliphatic rings. The number of hydrogen-bond acceptors (Lipinski definition) is 5. The van der Waals surface area contributed by atoms with E-state index in [2.05, 4.69) is 15.3 Å². The summed E-state index contributed by atoms with van der Waals surface area (Å²) in [6.07, 6.45) is 4.30. The number of H-pyrrole nitrogens is 1. The Bertz CT molecular complexity index is 1010. The number of aromatic amines is 1. The summed E-state index contributed by atoms with van der Waals surface area (Å²) in [5.41, 5.74) is 0.823. The minimum absolute atomic E-state index is 0.0173. The molecule has 0 bridgehead atoms. The topological polar surface area (TPSA) is 119 Å². The van der Waals surface area contributed by atoms with Crippen LogP contribution >= 0.6 is 0 Å². The lowest BCUT2D eigenvalue weighted by Crippen LogP contribution is -2.62. The van der Waals surface area contributed by atoms with Gasteiger partial charge in [-0.15, -0.1) is 0 Å². The molecule has 1 aromatic heterocycles. The van der Waals surface area contributed by atoms with Crippen LogP contribution in [0.1, 0.15) is 50.4 Å². The van der Waals surface area contributed by atoms with Crippen LogP contribution in [0.3, 0.4) is 0 Å². The van der Waals surface area contributed by atoms with E-state index < -0.39 is 23.6 Å². The van der Waals surface area contributed by atoms with Crippen LogP contribution in [0.15, 0.2) is 42.9 Å². The molecule has 3 amide bonds. The zero-order valence-corrected chi connectivity index (χ0v) is 19.7. The van der Waals surface area contributed by atoms with Gasteiger partial charge < -0.3 is 25.2 Å². The SMILES string of the molecule is CCN1C(=O)[C@]2(CCCN(C(=O)[C@H](Cc3cnc[nH]3)NC(C)=O)C2)C[C@@H](O)[C@@H]1c1ccccc1. The highest BCUT2D eigenvalue weighted by Gasteiger charge is 2.53. The number of likely N-dealkylation sites (N-methyl/N-ethyl adjacent to an activating group) is 1. The Morgan fingerprint density at radius 3 is 2.74 bits per heavy atom. The van der Waals surface area contributed by atoms with Gasteiger partial charge in [-0.1, -0.05) is 30.3 Å². The fraction of sp³-hybridized carbons (Fsp3) is 0.520. The Morgan fingerprint density at radius 2 is 2.09 bits per heavy atom. The van der Waals surface area contributed by atoms with Crippen LogP contribution < -0.4 is 5.32 Å². The van der Waals surface area contributed by atoms with E-state index in [9.17, 15) is 19.5 Å². The van der Waals surface area contributed by atoms with E-state index in [1.54, 1.807) is 16.0 Å². The number of carbonyl (C=O) groups excluding carboxylic acids is 3. The molecule has 0 saturated carbocycles. The highest BCUT2D eigenvalue weighted by molar-refractivity contribution is 5.89. The molecule has 4 rings (SSSR count). The summed E-state index contributed by atoms with van der Waals surface area (Å²) >= 11 is 0. The zero-order chi connectivity index (χ0) is 24.3. The van der Waals surface area contributed by atoms with Crippen molar-refractivity contribution in [2.75, 3.05) is 19.6 Å². The van der Waals surface area contributed by atoms with Gasteiger partial charge in [0.15, 0.2) is 0 Å². The summed E-state index contributed by atoms with van der Waals surface area (Å²) in [6, 6.07) is 8.45. The molecule has 2 aromatic rings. The van der Waals surface area contributed by atoms with Gasteiger partial charge in [-0.2, -0.15) is 0 Å². The molecule has 1 aromatic carbocycles. The molecule has 34 heavy (non-hydrogen) atoms. The maximum Gasteiger partial charge on any atom is 0.245 e. The highest BCUT2D eigenvalue weighted by Crippen LogP contribution is 2.45. The largest absolute Gasteiger partial charge is 0.391 e. The molecule has 4 atom stereocenters. The fourth-order valence-corrected chi connectivity index (χ4v) is 5.57. The summed E-state index contributed by atoms with van der Waals surface area (Å²) in [5, 5.41) is 14.0. The number of imidazole rings is 1. The lowest BCUT2D eigenvalue weighted by Gasteiger charge is -2.52. The number of likely N-dealkylation sites (tertiary alicyclic amines) is 2. The molecule has 1 spiro atoms. The van der Waals surface area contributed by atoms with Gasteiger partial charge in [-0.3, -0.25) is 14.4 Å². The quantitative estimate of drug-likeness (QED) is 0.594. The third kappa shape index (κ3) is 4.70. The zero-order valence-electron chi connectivity index (χ0n) is 19.7. The van der Waals surface area contributed by atoms with Crippen molar-refractivity contribution >= 4 is 17.7 Å². The number of piperidine rings is 2. The van der Waals surface area contributed by atoms with Crippen LogP contribution in [-0.2, 0) is 20.8 Å². The molecule has 0 radical (unpaired) electrons. The number of aromatic nitrogens is 2. The third-order valence-corrected chi connectivity index (χ3v) is 7.04. The van der Waals surface area contributed by atoms with Gasteiger partial charge in [0, 0.05) is 44.9 Å². The van der Waals surface area contributed by atoms with Crippen LogP contribution in [0, 0.1) is 5.41 Å². The van der Waals surface area contributed by atoms with E-state index in [0.717, 1.165) is 11.3 Å². The molecule has 3 N–H and O–H groups in total. The van der Waals surface area contributed by atoms with Crippen molar-refractivity contribution in [3.8, 4) is 0 Å². The molecule has 2 saturated heterocycles. The summed E-state index contributed by atoms with van der Waals surface area (Å²) < 4.78 is 0. The third-order valence-electron chi connectivity index (χ3n) is 7.04. The number of nitrogens with one attached hydrogen (secondary N) is 2. The van der Waals surface area contributed by atoms with Gasteiger partial charge in [0.2, 0.25) is 17.7 Å². The van der Waals surface area contributed by atoms with Gasteiger partial charge in [0.1, 0.15) is 6.04 Å². The Labute approximate surface area is 199 Å². The molecule has 2 aliphatic heterocycles. The molecule has 9 nitrogen and oxygen atoms in total. The van der Waals surface area contributed by atoms with Gasteiger partial charge in [0.05, 0.1) is 23.9 Å². The average Bonchev–Trinajstić information content (AvgIpc) is 3.34. The summed E-state index contributed by atoms with van der Waals surface area (Å²) in [7, 11) is 0. The second-order valence-corrected chi connectivity index (χ2v) is 9.40. The minimum Gasteiger partial charge on any atom is -0.391 e. The van der Waals surface area contributed by atoms with Crippen molar-refractivity contribution in [3.05, 3.63) is 54.1 Å². The normalized spacial score (nSPS) is 25.9. The van der Waals surface area contributed by atoms with Crippen molar-refractivity contribution < 1.29 is 19.5 Å². The van der Waals surface area contributed by atoms with E-state index in [1.165, 1.54) is 13.3 Å². The van der Waals surface area contributed by atoms with E-state index in [-0.39, 0.29) is 30.7 Å². The molecule has 182 valence electrons. The fourth-order valence-electron chi connectivity index (χ4n) is 5.57. The van der Waals surface area contributed by atoms with Crippen LogP contribution in [0.25, 0.3) is 0 Å². The van der Waals surface area contributed by atoms with E-state index in [1.807, 2.05) is 37.3 Å². The smallest absolute Gasteiger partial charge is 0.245 e. The van der Waals surface area contributed by atoms with Gasteiger partial charge in [0.25, 0.3) is 0 Å². The molecule has 9 heteroatoms. The van der Waals surface area contributed by atoms with Crippen molar-refractivity contribution in [3.63, 3.8) is 0 Å². The highest BCUT2D eigenvalue weighted by atomic mass is 16.3. The van der Waals surface area contributed by atoms with Crippen LogP contribution in [-0.4, -0.2) is 74.4 Å². The Hall–Kier alpha value is -3.20. The Morgan fingerprint density at radius 1 is 1.32 bits per heavy atom. The Balaban J connectivity index is 1.56. The molecule has 2 fully saturated rings. The van der Waals surface area contributed by atoms with Crippen molar-refractivity contribution in [1.82, 2.24) is 25.1 Å². The lowest BCUT2D eigenvalue weighted by molar-refractivity contribution is -0.167. The first-order valence-electron chi connectivity index (χ1n) is 11.9. The number of rotatable bonds is 6. The number of aliphatic hydroxyl groups excluding tert-OH is 1. The van der Waals surface area contributed by atoms with Gasteiger partial charge in [-0.25, -0.2) is 4.98 Å². The molecule has 0 aliphatic carbocycles. The summed E-state index contributed by atoms with van der Waals surface area (Å²) in [4.78, 5) is 49.5. The summed E-state index contributed by atoms with van der Waals surface area (Å²) in [6.45, 7) is 4.52. The first-order valence-corrected chi connectivity index (χ1v) is 11.9. The number of aliphatic hydroxyl groups is 1. The van der Waals surface area contributed by atoms with Crippen LogP contribution in [0.4, 0.5) is 0 Å². The van der Waals surface area contributed by atoms with Crippen molar-refractivity contribution in [2.24, 2.45) is 5.41 Å². The predicted octanol–water partition coefficient (Wildman–Crippen LogP) is 1.42. The van der Waals surface area contributed by atoms with Crippen molar-refractivity contribution in [1.29, 1.82) is 0 Å². The second-order valence-electron chi connectivity index (χ2n) is 9.40. The number of amides is 3.